The summed E-state index contributed by atoms with van der Waals surface area (Å²) in [5, 5.41) is 0. The normalized spacial score (nSPS) is 14.4. The molecule has 0 aliphatic rings. The number of hydrogen-bond acceptors (Lipinski definition) is 2. The Labute approximate surface area is 112 Å². The molecule has 0 spiro atoms. The molecule has 0 saturated carbocycles. The minimum Gasteiger partial charge on any atom is -0.147 e. The SMILES string of the molecule is CCCC[O][Sn][CH](C)CCCC(C)N.Cl. The van der Waals surface area contributed by atoms with Gasteiger partial charge in [-0.2, -0.15) is 0 Å². The van der Waals surface area contributed by atoms with Gasteiger partial charge in [0.25, 0.3) is 0 Å². The molecule has 0 heterocycles. The minimum atomic E-state index is -0.536. The Bertz CT molecular complexity index is 125. The number of halogens is 1. The van der Waals surface area contributed by atoms with Gasteiger partial charge in [-0.1, -0.05) is 0 Å². The summed E-state index contributed by atoms with van der Waals surface area (Å²) in [6.45, 7) is 7.63. The summed E-state index contributed by atoms with van der Waals surface area (Å²) < 4.78 is 6.59. The zero-order valence-electron chi connectivity index (χ0n) is 10.3. The molecule has 2 nitrogen and oxygen atoms in total. The summed E-state index contributed by atoms with van der Waals surface area (Å²) >= 11 is -0.536. The third-order valence-electron chi connectivity index (χ3n) is 2.18. The monoisotopic (exact) mass is 343 g/mol. The molecule has 2 N–H and O–H groups in total. The van der Waals surface area contributed by atoms with Crippen molar-refractivity contribution in [1.82, 2.24) is 0 Å². The van der Waals surface area contributed by atoms with Gasteiger partial charge in [-0.25, -0.2) is 0 Å². The summed E-state index contributed by atoms with van der Waals surface area (Å²) in [6, 6.07) is 0.369. The quantitative estimate of drug-likeness (QED) is 0.516. The van der Waals surface area contributed by atoms with E-state index in [9.17, 15) is 0 Å². The zero-order valence-corrected chi connectivity index (χ0v) is 14.0. The van der Waals surface area contributed by atoms with E-state index in [1.807, 2.05) is 0 Å². The van der Waals surface area contributed by atoms with Gasteiger partial charge in [-0.05, 0) is 0 Å². The van der Waals surface area contributed by atoms with Crippen molar-refractivity contribution < 1.29 is 3.07 Å². The first-order chi connectivity index (χ1) is 6.66. The van der Waals surface area contributed by atoms with Crippen molar-refractivity contribution in [2.75, 3.05) is 6.61 Å². The van der Waals surface area contributed by atoms with E-state index in [2.05, 4.69) is 20.8 Å². The zero-order chi connectivity index (χ0) is 10.8. The van der Waals surface area contributed by atoms with Gasteiger partial charge in [0, 0.05) is 0 Å². The van der Waals surface area contributed by atoms with Crippen molar-refractivity contribution in [3.8, 4) is 0 Å². The van der Waals surface area contributed by atoms with E-state index >= 15 is 0 Å². The van der Waals surface area contributed by atoms with Gasteiger partial charge in [0.05, 0.1) is 0 Å². The molecule has 0 rings (SSSR count). The fourth-order valence-electron chi connectivity index (χ4n) is 1.22. The number of nitrogens with two attached hydrogens (primary N) is 1. The van der Waals surface area contributed by atoms with Crippen molar-refractivity contribution in [2.45, 2.75) is 62.9 Å². The molecule has 4 heteroatoms. The standard InChI is InChI=1S/C7H16N.C4H9O.ClH.Sn/c1-3-4-5-6-7(2)8;1-2-3-4-5;;/h3,7H,4-6,8H2,1-2H3;2-4H2,1H3;1H;/q;-1;;+1. The second-order valence-corrected chi connectivity index (χ2v) is 8.44. The third kappa shape index (κ3) is 15.0. The van der Waals surface area contributed by atoms with E-state index in [-0.39, 0.29) is 12.4 Å². The summed E-state index contributed by atoms with van der Waals surface area (Å²) in [5.74, 6) is 0. The molecule has 0 fully saturated rings. The van der Waals surface area contributed by atoms with Crippen molar-refractivity contribution in [2.24, 2.45) is 5.73 Å². The van der Waals surface area contributed by atoms with Crippen LogP contribution in [0.3, 0.4) is 0 Å². The molecule has 15 heavy (non-hydrogen) atoms. The van der Waals surface area contributed by atoms with E-state index < -0.39 is 21.6 Å². The maximum Gasteiger partial charge on any atom is -0.147 e. The van der Waals surface area contributed by atoms with Crippen LogP contribution in [0.4, 0.5) is 0 Å². The number of rotatable bonds is 9. The third-order valence-corrected chi connectivity index (χ3v) is 5.21. The molecule has 2 unspecified atom stereocenters. The van der Waals surface area contributed by atoms with Crippen LogP contribution in [0.1, 0.15) is 52.9 Å². The Hall–Kier alpha value is 1.01. The van der Waals surface area contributed by atoms with Gasteiger partial charge in [-0.3, -0.25) is 0 Å². The Morgan fingerprint density at radius 1 is 1.20 bits per heavy atom. The van der Waals surface area contributed by atoms with E-state index in [4.69, 9.17) is 8.81 Å². The van der Waals surface area contributed by atoms with Gasteiger partial charge in [0.1, 0.15) is 0 Å². The molecule has 0 aliphatic heterocycles. The summed E-state index contributed by atoms with van der Waals surface area (Å²) in [5.41, 5.74) is 5.70. The first-order valence-corrected chi connectivity index (χ1v) is 8.61. The molecule has 0 aliphatic carbocycles. The van der Waals surface area contributed by atoms with E-state index in [0.717, 1.165) is 10.5 Å². The maximum atomic E-state index is 5.73. The van der Waals surface area contributed by atoms with Crippen molar-refractivity contribution in [1.29, 1.82) is 0 Å². The maximum absolute atomic E-state index is 5.73. The molecule has 0 aromatic heterocycles. The fraction of sp³-hybridized carbons (Fsp3) is 1.00. The largest absolute Gasteiger partial charge is 0.147 e. The average Bonchev–Trinajstić information content (AvgIpc) is 2.12. The predicted octanol–water partition coefficient (Wildman–Crippen LogP) is 3.17. The molecule has 0 saturated heterocycles. The van der Waals surface area contributed by atoms with E-state index in [1.165, 1.54) is 32.1 Å². The first kappa shape index (κ1) is 18.4. The van der Waals surface area contributed by atoms with Crippen molar-refractivity contribution >= 4 is 34.0 Å². The summed E-state index contributed by atoms with van der Waals surface area (Å²) in [4.78, 5) is 0. The Balaban J connectivity index is 0. The van der Waals surface area contributed by atoms with Crippen LogP contribution in [-0.2, 0) is 3.07 Å². The van der Waals surface area contributed by atoms with Crippen LogP contribution in [0.25, 0.3) is 0 Å². The molecule has 0 bridgehead atoms. The van der Waals surface area contributed by atoms with Crippen LogP contribution in [0.2, 0.25) is 3.93 Å². The minimum absolute atomic E-state index is 0. The molecule has 2 atom stereocenters. The van der Waals surface area contributed by atoms with Gasteiger partial charge in [-0.15, -0.1) is 12.4 Å². The molecule has 92 valence electrons. The predicted molar refractivity (Wildman–Crippen MR) is 70.8 cm³/mol. The topological polar surface area (TPSA) is 35.2 Å². The molecule has 2 radical (unpaired) electrons. The van der Waals surface area contributed by atoms with Gasteiger partial charge >= 0.3 is 99.8 Å². The van der Waals surface area contributed by atoms with Crippen LogP contribution >= 0.6 is 12.4 Å². The Morgan fingerprint density at radius 3 is 2.40 bits per heavy atom. The molecule has 0 amide bonds. The number of unbranched alkanes of at least 4 members (excludes halogenated alkanes) is 1. The molecular formula is C11H26ClNOSn. The second-order valence-electron chi connectivity index (χ2n) is 4.13. The van der Waals surface area contributed by atoms with Crippen LogP contribution in [0.15, 0.2) is 0 Å². The molecule has 0 aromatic carbocycles. The van der Waals surface area contributed by atoms with Crippen molar-refractivity contribution in [3.05, 3.63) is 0 Å². The average molecular weight is 342 g/mol. The van der Waals surface area contributed by atoms with Crippen LogP contribution in [0.5, 0.6) is 0 Å². The van der Waals surface area contributed by atoms with E-state index in [0.29, 0.717) is 6.04 Å². The first-order valence-electron chi connectivity index (χ1n) is 5.79. The van der Waals surface area contributed by atoms with Gasteiger partial charge in [0.15, 0.2) is 0 Å². The molecular weight excluding hydrogens is 316 g/mol. The van der Waals surface area contributed by atoms with Crippen LogP contribution in [0, 0.1) is 0 Å². The fourth-order valence-corrected chi connectivity index (χ4v) is 3.70. The summed E-state index contributed by atoms with van der Waals surface area (Å²) in [6.07, 6.45) is 6.24. The van der Waals surface area contributed by atoms with Gasteiger partial charge < -0.3 is 0 Å². The Kier molecular flexibility index (Phi) is 16.0. The number of hydrogen-bond donors (Lipinski definition) is 1. The second kappa shape index (κ2) is 13.1. The Morgan fingerprint density at radius 2 is 1.87 bits per heavy atom. The smallest absolute Gasteiger partial charge is 0.147 e. The van der Waals surface area contributed by atoms with E-state index in [1.54, 1.807) is 0 Å². The van der Waals surface area contributed by atoms with Crippen LogP contribution in [-0.4, -0.2) is 34.2 Å². The summed E-state index contributed by atoms with van der Waals surface area (Å²) in [7, 11) is 0. The van der Waals surface area contributed by atoms with Crippen molar-refractivity contribution in [3.63, 3.8) is 0 Å². The van der Waals surface area contributed by atoms with Crippen LogP contribution < -0.4 is 5.73 Å². The molecule has 0 aromatic rings. The van der Waals surface area contributed by atoms with Gasteiger partial charge in [0.2, 0.25) is 0 Å².